The van der Waals surface area contributed by atoms with E-state index >= 15 is 0 Å². The number of aromatic nitrogens is 2. The molecule has 0 spiro atoms. The highest BCUT2D eigenvalue weighted by Gasteiger charge is 2.42. The molecule has 0 radical (unpaired) electrons. The zero-order valence-corrected chi connectivity index (χ0v) is 11.0. The molecule has 2 aromatic rings. The molecule has 6 heteroatoms. The molecule has 1 fully saturated rings. The summed E-state index contributed by atoms with van der Waals surface area (Å²) in [6, 6.07) is 4.35. The summed E-state index contributed by atoms with van der Waals surface area (Å²) >= 11 is 5.75. The van der Waals surface area contributed by atoms with Crippen LogP contribution < -0.4 is 5.73 Å². The van der Waals surface area contributed by atoms with E-state index in [4.69, 9.17) is 21.9 Å². The van der Waals surface area contributed by atoms with E-state index in [-0.39, 0.29) is 10.4 Å². The van der Waals surface area contributed by atoms with Crippen molar-refractivity contribution in [1.29, 1.82) is 0 Å². The van der Waals surface area contributed by atoms with Gasteiger partial charge in [-0.1, -0.05) is 23.2 Å². The Morgan fingerprint density at radius 2 is 2.21 bits per heavy atom. The summed E-state index contributed by atoms with van der Waals surface area (Å²) in [6.07, 6.45) is 3.06. The number of nitrogens with two attached hydrogens (primary N) is 1. The molecule has 19 heavy (non-hydrogen) atoms. The van der Waals surface area contributed by atoms with Gasteiger partial charge in [0.25, 0.3) is 0 Å². The summed E-state index contributed by atoms with van der Waals surface area (Å²) < 4.78 is 18.4. The Balaban J connectivity index is 1.94. The highest BCUT2D eigenvalue weighted by molar-refractivity contribution is 6.31. The Bertz CT molecular complexity index is 604. The topological polar surface area (TPSA) is 64.9 Å². The number of rotatable bonds is 3. The van der Waals surface area contributed by atoms with Crippen molar-refractivity contribution in [3.8, 4) is 11.4 Å². The molecule has 1 aromatic heterocycles. The van der Waals surface area contributed by atoms with Gasteiger partial charge >= 0.3 is 0 Å². The first-order valence-corrected chi connectivity index (χ1v) is 6.52. The number of hydrogen-bond acceptors (Lipinski definition) is 4. The lowest BCUT2D eigenvalue weighted by Crippen LogP contribution is -2.41. The van der Waals surface area contributed by atoms with E-state index in [1.54, 1.807) is 6.07 Å². The van der Waals surface area contributed by atoms with Gasteiger partial charge in [0, 0.05) is 12.1 Å². The molecule has 0 bridgehead atoms. The minimum atomic E-state index is -0.466. The Hall–Kier alpha value is -1.46. The summed E-state index contributed by atoms with van der Waals surface area (Å²) in [5.41, 5.74) is 6.26. The number of benzene rings is 1. The number of halogens is 2. The first kappa shape index (κ1) is 12.6. The van der Waals surface area contributed by atoms with Gasteiger partial charge in [0.2, 0.25) is 11.7 Å². The second-order valence-corrected chi connectivity index (χ2v) is 5.30. The van der Waals surface area contributed by atoms with E-state index in [0.29, 0.717) is 23.8 Å². The van der Waals surface area contributed by atoms with Gasteiger partial charge in [-0.3, -0.25) is 0 Å². The summed E-state index contributed by atoms with van der Waals surface area (Å²) in [5.74, 6) is 0.514. The molecule has 0 saturated heterocycles. The minimum Gasteiger partial charge on any atom is -0.338 e. The third-order valence-electron chi connectivity index (χ3n) is 3.76. The van der Waals surface area contributed by atoms with Crippen LogP contribution in [0.1, 0.15) is 25.2 Å². The largest absolute Gasteiger partial charge is 0.338 e. The predicted octanol–water partition coefficient (Wildman–Crippen LogP) is 2.91. The maximum atomic E-state index is 13.1. The summed E-state index contributed by atoms with van der Waals surface area (Å²) in [5, 5.41) is 3.97. The standard InChI is InChI=1S/C13H13ClFN3O/c14-9-6-8(2-3-10(9)15)11-17-12(19-18-11)13(7-16)4-1-5-13/h2-3,6H,1,4-5,7,16H2. The van der Waals surface area contributed by atoms with Gasteiger partial charge in [-0.05, 0) is 31.0 Å². The molecule has 0 aliphatic heterocycles. The summed E-state index contributed by atoms with van der Waals surface area (Å²) in [4.78, 5) is 4.38. The molecule has 1 aliphatic rings. The zero-order chi connectivity index (χ0) is 13.5. The molecule has 0 atom stereocenters. The van der Waals surface area contributed by atoms with Crippen molar-refractivity contribution in [2.75, 3.05) is 6.54 Å². The average molecular weight is 282 g/mol. The van der Waals surface area contributed by atoms with Crippen LogP contribution in [0.15, 0.2) is 22.7 Å². The molecule has 2 N–H and O–H groups in total. The van der Waals surface area contributed by atoms with Gasteiger partial charge in [0.05, 0.1) is 10.4 Å². The average Bonchev–Trinajstić information content (AvgIpc) is 2.82. The first-order chi connectivity index (χ1) is 9.14. The lowest BCUT2D eigenvalue weighted by Gasteiger charge is -2.36. The van der Waals surface area contributed by atoms with Crippen molar-refractivity contribution < 1.29 is 8.91 Å². The highest BCUT2D eigenvalue weighted by Crippen LogP contribution is 2.42. The van der Waals surface area contributed by atoms with Crippen molar-refractivity contribution in [1.82, 2.24) is 10.1 Å². The maximum Gasteiger partial charge on any atom is 0.234 e. The minimum absolute atomic E-state index is 0.0426. The Kier molecular flexibility index (Phi) is 3.03. The van der Waals surface area contributed by atoms with Crippen LogP contribution in [0, 0.1) is 5.82 Å². The molecule has 1 heterocycles. The van der Waals surface area contributed by atoms with E-state index in [1.807, 2.05) is 0 Å². The molecule has 0 amide bonds. The third-order valence-corrected chi connectivity index (χ3v) is 4.05. The molecular formula is C13H13ClFN3O. The predicted molar refractivity (Wildman–Crippen MR) is 69.3 cm³/mol. The quantitative estimate of drug-likeness (QED) is 0.939. The molecule has 1 aromatic carbocycles. The van der Waals surface area contributed by atoms with Crippen LogP contribution in [0.5, 0.6) is 0 Å². The smallest absolute Gasteiger partial charge is 0.234 e. The third kappa shape index (κ3) is 2.03. The lowest BCUT2D eigenvalue weighted by molar-refractivity contribution is 0.182. The van der Waals surface area contributed by atoms with Crippen LogP contribution >= 0.6 is 11.6 Å². The van der Waals surface area contributed by atoms with Gasteiger partial charge in [-0.2, -0.15) is 4.98 Å². The van der Waals surface area contributed by atoms with Crippen LogP contribution in [0.3, 0.4) is 0 Å². The fraction of sp³-hybridized carbons (Fsp3) is 0.385. The van der Waals surface area contributed by atoms with Crippen molar-refractivity contribution in [3.63, 3.8) is 0 Å². The van der Waals surface area contributed by atoms with Crippen LogP contribution in [0.2, 0.25) is 5.02 Å². The van der Waals surface area contributed by atoms with Crippen molar-refractivity contribution in [3.05, 3.63) is 34.9 Å². The SMILES string of the molecule is NCC1(c2nc(-c3ccc(F)c(Cl)c3)no2)CCC1. The van der Waals surface area contributed by atoms with E-state index in [1.165, 1.54) is 12.1 Å². The van der Waals surface area contributed by atoms with Crippen LogP contribution in [-0.2, 0) is 5.41 Å². The van der Waals surface area contributed by atoms with Gasteiger partial charge in [0.1, 0.15) is 5.82 Å². The van der Waals surface area contributed by atoms with E-state index in [2.05, 4.69) is 10.1 Å². The van der Waals surface area contributed by atoms with Crippen molar-refractivity contribution in [2.45, 2.75) is 24.7 Å². The van der Waals surface area contributed by atoms with E-state index < -0.39 is 5.82 Å². The monoisotopic (exact) mass is 281 g/mol. The Morgan fingerprint density at radius 1 is 1.42 bits per heavy atom. The molecule has 4 nitrogen and oxygen atoms in total. The van der Waals surface area contributed by atoms with Crippen LogP contribution in [-0.4, -0.2) is 16.7 Å². The van der Waals surface area contributed by atoms with E-state index in [9.17, 15) is 4.39 Å². The fourth-order valence-electron chi connectivity index (χ4n) is 2.30. The van der Waals surface area contributed by atoms with Crippen molar-refractivity contribution in [2.24, 2.45) is 5.73 Å². The molecule has 100 valence electrons. The molecule has 0 unspecified atom stereocenters. The van der Waals surface area contributed by atoms with Gasteiger partial charge in [0.15, 0.2) is 0 Å². The zero-order valence-electron chi connectivity index (χ0n) is 10.2. The number of nitrogens with zero attached hydrogens (tertiary/aromatic N) is 2. The molecule has 1 aliphatic carbocycles. The Labute approximate surface area is 114 Å². The molecule has 3 rings (SSSR count). The second-order valence-electron chi connectivity index (χ2n) is 4.89. The van der Waals surface area contributed by atoms with Gasteiger partial charge < -0.3 is 10.3 Å². The normalized spacial score (nSPS) is 17.2. The second kappa shape index (κ2) is 4.58. The van der Waals surface area contributed by atoms with Crippen LogP contribution in [0.25, 0.3) is 11.4 Å². The maximum absolute atomic E-state index is 13.1. The fourth-order valence-corrected chi connectivity index (χ4v) is 2.48. The van der Waals surface area contributed by atoms with Gasteiger partial charge in [-0.15, -0.1) is 0 Å². The summed E-state index contributed by atoms with van der Waals surface area (Å²) in [7, 11) is 0. The van der Waals surface area contributed by atoms with Crippen LogP contribution in [0.4, 0.5) is 4.39 Å². The van der Waals surface area contributed by atoms with Gasteiger partial charge in [-0.25, -0.2) is 4.39 Å². The lowest BCUT2D eigenvalue weighted by atomic mass is 9.69. The summed E-state index contributed by atoms with van der Waals surface area (Å²) in [6.45, 7) is 0.499. The molecule has 1 saturated carbocycles. The van der Waals surface area contributed by atoms with Crippen molar-refractivity contribution >= 4 is 11.6 Å². The first-order valence-electron chi connectivity index (χ1n) is 6.14. The van der Waals surface area contributed by atoms with E-state index in [0.717, 1.165) is 19.3 Å². The molecular weight excluding hydrogens is 269 g/mol. The Morgan fingerprint density at radius 3 is 2.79 bits per heavy atom. The number of hydrogen-bond donors (Lipinski definition) is 1. The highest BCUT2D eigenvalue weighted by atomic mass is 35.5.